The van der Waals surface area contributed by atoms with Gasteiger partial charge >= 0.3 is 5.97 Å². The molecule has 0 bridgehead atoms. The molecule has 0 aromatic carbocycles. The molecule has 3 aromatic heterocycles. The van der Waals surface area contributed by atoms with Crippen LogP contribution in [0.15, 0.2) is 58.5 Å². The van der Waals surface area contributed by atoms with Gasteiger partial charge in [0.1, 0.15) is 5.69 Å². The van der Waals surface area contributed by atoms with Crippen LogP contribution in [0.25, 0.3) is 0 Å². The summed E-state index contributed by atoms with van der Waals surface area (Å²) in [5.74, 6) is -0.896. The van der Waals surface area contributed by atoms with Crippen LogP contribution < -0.4 is 0 Å². The summed E-state index contributed by atoms with van der Waals surface area (Å²) in [5.41, 5.74) is 1.19. The minimum absolute atomic E-state index is 0.163. The normalized spacial score (nSPS) is 16.5. The fraction of sp³-hybridized carbons (Fsp3) is 0.167. The van der Waals surface area contributed by atoms with Gasteiger partial charge in [-0.3, -0.25) is 4.79 Å². The number of aromatic nitrogens is 1. The highest BCUT2D eigenvalue weighted by Crippen LogP contribution is 2.35. The maximum absolute atomic E-state index is 12.7. The van der Waals surface area contributed by atoms with Gasteiger partial charge in [-0.2, -0.15) is 5.10 Å². The van der Waals surface area contributed by atoms with Crippen molar-refractivity contribution in [3.8, 4) is 0 Å². The third kappa shape index (κ3) is 3.33. The van der Waals surface area contributed by atoms with E-state index < -0.39 is 5.97 Å². The van der Waals surface area contributed by atoms with Crippen molar-refractivity contribution in [3.05, 3.63) is 68.8 Å². The lowest BCUT2D eigenvalue weighted by molar-refractivity contribution is -0.136. The van der Waals surface area contributed by atoms with Crippen molar-refractivity contribution in [3.63, 3.8) is 0 Å². The number of nitrogens with zero attached hydrogens (tertiary/aromatic N) is 2. The van der Waals surface area contributed by atoms with Crippen LogP contribution in [0.1, 0.15) is 32.7 Å². The number of H-pyrrole nitrogens is 1. The van der Waals surface area contributed by atoms with Gasteiger partial charge in [-0.05, 0) is 35.0 Å². The molecule has 4 heterocycles. The number of aromatic amines is 1. The quantitative estimate of drug-likeness (QED) is 0.681. The maximum Gasteiger partial charge on any atom is 0.355 e. The number of carbonyl (C=O) groups is 2. The van der Waals surface area contributed by atoms with Gasteiger partial charge in [0.25, 0.3) is 5.91 Å². The third-order valence-corrected chi connectivity index (χ3v) is 5.88. The van der Waals surface area contributed by atoms with Gasteiger partial charge < -0.3 is 9.72 Å². The van der Waals surface area contributed by atoms with Gasteiger partial charge in [0, 0.05) is 17.5 Å². The van der Waals surface area contributed by atoms with Gasteiger partial charge in [-0.1, -0.05) is 12.1 Å². The van der Waals surface area contributed by atoms with Gasteiger partial charge in [0.05, 0.1) is 16.6 Å². The molecule has 3 aromatic rings. The second-order valence-corrected chi connectivity index (χ2v) is 7.58. The topological polar surface area (TPSA) is 74.8 Å². The first-order valence-corrected chi connectivity index (χ1v) is 9.75. The fourth-order valence-electron chi connectivity index (χ4n) is 2.76. The Morgan fingerprint density at radius 2 is 2.04 bits per heavy atom. The Balaban J connectivity index is 1.50. The summed E-state index contributed by atoms with van der Waals surface area (Å²) in [5, 5.41) is 9.94. The van der Waals surface area contributed by atoms with Crippen LogP contribution in [0, 0.1) is 0 Å². The average Bonchev–Trinajstić information content (AvgIpc) is 3.42. The first-order valence-electron chi connectivity index (χ1n) is 7.99. The third-order valence-electron chi connectivity index (χ3n) is 3.99. The van der Waals surface area contributed by atoms with Crippen molar-refractivity contribution < 1.29 is 14.3 Å². The van der Waals surface area contributed by atoms with Crippen molar-refractivity contribution in [1.82, 2.24) is 9.99 Å². The van der Waals surface area contributed by atoms with E-state index >= 15 is 0 Å². The molecule has 0 fully saturated rings. The lowest BCUT2D eigenvalue weighted by Gasteiger charge is -2.20. The van der Waals surface area contributed by atoms with E-state index in [1.807, 2.05) is 35.0 Å². The van der Waals surface area contributed by atoms with E-state index in [1.54, 1.807) is 41.0 Å². The zero-order valence-corrected chi connectivity index (χ0v) is 15.3. The summed E-state index contributed by atoms with van der Waals surface area (Å²) in [7, 11) is 0. The molecule has 26 heavy (non-hydrogen) atoms. The number of thiophene rings is 2. The summed E-state index contributed by atoms with van der Waals surface area (Å²) in [6.45, 7) is -0.346. The number of hydrazone groups is 1. The van der Waals surface area contributed by atoms with Crippen molar-refractivity contribution in [2.24, 2.45) is 5.10 Å². The van der Waals surface area contributed by atoms with Crippen molar-refractivity contribution in [2.75, 3.05) is 6.61 Å². The van der Waals surface area contributed by atoms with E-state index in [9.17, 15) is 9.59 Å². The highest BCUT2D eigenvalue weighted by Gasteiger charge is 2.34. The van der Waals surface area contributed by atoms with E-state index in [4.69, 9.17) is 4.74 Å². The largest absolute Gasteiger partial charge is 0.451 e. The van der Waals surface area contributed by atoms with Crippen molar-refractivity contribution in [1.29, 1.82) is 0 Å². The number of nitrogens with one attached hydrogen (secondary N) is 1. The summed E-state index contributed by atoms with van der Waals surface area (Å²) < 4.78 is 5.13. The molecule has 0 aliphatic carbocycles. The molecule has 1 atom stereocenters. The van der Waals surface area contributed by atoms with Crippen LogP contribution >= 0.6 is 22.7 Å². The van der Waals surface area contributed by atoms with Crippen LogP contribution in [0.4, 0.5) is 0 Å². The lowest BCUT2D eigenvalue weighted by Crippen LogP contribution is -2.31. The van der Waals surface area contributed by atoms with E-state index in [-0.39, 0.29) is 18.6 Å². The van der Waals surface area contributed by atoms with Gasteiger partial charge in [-0.25, -0.2) is 9.80 Å². The second-order valence-electron chi connectivity index (χ2n) is 5.66. The molecule has 4 rings (SSSR count). The van der Waals surface area contributed by atoms with Crippen LogP contribution in [0.2, 0.25) is 0 Å². The number of carbonyl (C=O) groups excluding carboxylic acids is 2. The molecule has 6 nitrogen and oxygen atoms in total. The SMILES string of the molecule is O=C(OCC(=O)N1N=C(c2cccs2)C[C@H]1c1cccs1)c1ccc[nH]1. The standard InChI is InChI=1S/C18H15N3O3S2/c22-17(11-24-18(23)12-4-1-7-19-12)21-14(16-6-3-9-26-16)10-13(20-21)15-5-2-8-25-15/h1-9,14,19H,10-11H2/t14-/m0/s1. The van der Waals surface area contributed by atoms with Crippen molar-refractivity contribution >= 4 is 40.3 Å². The predicted molar refractivity (Wildman–Crippen MR) is 100 cm³/mol. The monoisotopic (exact) mass is 385 g/mol. The molecule has 0 unspecified atom stereocenters. The number of esters is 1. The highest BCUT2D eigenvalue weighted by atomic mass is 32.1. The van der Waals surface area contributed by atoms with Crippen LogP contribution in [0.5, 0.6) is 0 Å². The molecular weight excluding hydrogens is 370 g/mol. The number of rotatable bonds is 5. The number of hydrogen-bond donors (Lipinski definition) is 1. The van der Waals surface area contributed by atoms with Crippen molar-refractivity contribution in [2.45, 2.75) is 12.5 Å². The average molecular weight is 385 g/mol. The number of ether oxygens (including phenoxy) is 1. The second kappa shape index (κ2) is 7.27. The van der Waals surface area contributed by atoms with E-state index in [1.165, 1.54) is 5.01 Å². The number of hydrogen-bond acceptors (Lipinski definition) is 6. The Labute approximate surface area is 157 Å². The first-order chi connectivity index (χ1) is 12.7. The van der Waals surface area contributed by atoms with E-state index in [0.29, 0.717) is 12.1 Å². The zero-order chi connectivity index (χ0) is 17.9. The molecule has 132 valence electrons. The summed E-state index contributed by atoms with van der Waals surface area (Å²) in [4.78, 5) is 29.5. The Morgan fingerprint density at radius 3 is 2.73 bits per heavy atom. The molecule has 1 aliphatic rings. The van der Waals surface area contributed by atoms with Crippen LogP contribution in [0.3, 0.4) is 0 Å². The summed E-state index contributed by atoms with van der Waals surface area (Å²) in [6, 6.07) is 11.0. The van der Waals surface area contributed by atoms with E-state index in [0.717, 1.165) is 15.5 Å². The Kier molecular flexibility index (Phi) is 4.68. The molecule has 0 radical (unpaired) electrons. The van der Waals surface area contributed by atoms with Gasteiger partial charge in [0.15, 0.2) is 6.61 Å². The predicted octanol–water partition coefficient (Wildman–Crippen LogP) is 3.67. The molecule has 0 saturated heterocycles. The Hall–Kier alpha value is -2.71. The van der Waals surface area contributed by atoms with Gasteiger partial charge in [0.2, 0.25) is 0 Å². The summed E-state index contributed by atoms with van der Waals surface area (Å²) in [6.07, 6.45) is 2.28. The first kappa shape index (κ1) is 16.7. The fourth-order valence-corrected chi connectivity index (χ4v) is 4.30. The molecular formula is C18H15N3O3S2. The lowest BCUT2D eigenvalue weighted by atomic mass is 10.1. The van der Waals surface area contributed by atoms with Crippen LogP contribution in [-0.2, 0) is 9.53 Å². The minimum Gasteiger partial charge on any atom is -0.451 e. The molecule has 1 N–H and O–H groups in total. The van der Waals surface area contributed by atoms with E-state index in [2.05, 4.69) is 10.1 Å². The Bertz CT molecular complexity index is 915. The van der Waals surface area contributed by atoms with Gasteiger partial charge in [-0.15, -0.1) is 22.7 Å². The minimum atomic E-state index is -0.558. The molecule has 8 heteroatoms. The molecule has 1 aliphatic heterocycles. The Morgan fingerprint density at radius 1 is 1.19 bits per heavy atom. The maximum atomic E-state index is 12.7. The highest BCUT2D eigenvalue weighted by molar-refractivity contribution is 7.12. The summed E-state index contributed by atoms with van der Waals surface area (Å²) >= 11 is 3.18. The molecule has 0 saturated carbocycles. The smallest absolute Gasteiger partial charge is 0.355 e. The number of amides is 1. The molecule has 1 amide bonds. The van der Waals surface area contributed by atoms with Crippen LogP contribution in [-0.4, -0.2) is 34.2 Å². The molecule has 0 spiro atoms. The zero-order valence-electron chi connectivity index (χ0n) is 13.6.